The highest BCUT2D eigenvalue weighted by Gasteiger charge is 2.43. The molecule has 21 heavy (non-hydrogen) atoms. The third kappa shape index (κ3) is 3.86. The van der Waals surface area contributed by atoms with Gasteiger partial charge < -0.3 is 9.64 Å². The molecular formula is C14H15F4NO2. The van der Waals surface area contributed by atoms with Gasteiger partial charge in [-0.2, -0.15) is 17.6 Å². The summed E-state index contributed by atoms with van der Waals surface area (Å²) in [4.78, 5) is 13.8. The van der Waals surface area contributed by atoms with Crippen LogP contribution in [-0.4, -0.2) is 36.4 Å². The van der Waals surface area contributed by atoms with Gasteiger partial charge in [0.15, 0.2) is 0 Å². The maximum absolute atomic E-state index is 12.7. The van der Waals surface area contributed by atoms with Crippen LogP contribution in [0, 0.1) is 0 Å². The topological polar surface area (TPSA) is 29.5 Å². The second-order valence-corrected chi connectivity index (χ2v) is 4.84. The maximum atomic E-state index is 12.7. The molecule has 0 radical (unpaired) electrons. The van der Waals surface area contributed by atoms with E-state index in [0.717, 1.165) is 31.4 Å². The van der Waals surface area contributed by atoms with Gasteiger partial charge in [0.25, 0.3) is 5.91 Å². The summed E-state index contributed by atoms with van der Waals surface area (Å²) in [6.07, 6.45) is -5.49. The molecule has 0 aromatic heterocycles. The number of alkyl halides is 4. The van der Waals surface area contributed by atoms with E-state index in [1.807, 2.05) is 0 Å². The lowest BCUT2D eigenvalue weighted by Gasteiger charge is -2.26. The first kappa shape index (κ1) is 15.6. The van der Waals surface area contributed by atoms with Crippen LogP contribution in [0.5, 0.6) is 5.75 Å². The predicted molar refractivity (Wildman–Crippen MR) is 67.8 cm³/mol. The van der Waals surface area contributed by atoms with E-state index in [2.05, 4.69) is 4.74 Å². The largest absolute Gasteiger partial charge is 0.461 e. The van der Waals surface area contributed by atoms with Crippen molar-refractivity contribution in [3.8, 4) is 5.75 Å². The summed E-state index contributed by atoms with van der Waals surface area (Å²) < 4.78 is 53.4. The quantitative estimate of drug-likeness (QED) is 0.796. The normalized spacial score (nSPS) is 16.1. The highest BCUT2D eigenvalue weighted by Crippen LogP contribution is 2.27. The standard InChI is InChI=1S/C14H15F4NO2/c15-13(16)14(17,18)21-11-6-4-10(5-7-11)12(20)19-8-2-1-3-9-19/h4-7,13H,1-3,8-9H2. The molecule has 1 fully saturated rings. The molecule has 1 amide bonds. The van der Waals surface area contributed by atoms with Crippen LogP contribution in [-0.2, 0) is 0 Å². The number of ether oxygens (including phenoxy) is 1. The van der Waals surface area contributed by atoms with Gasteiger partial charge in [-0.05, 0) is 43.5 Å². The molecule has 0 unspecified atom stereocenters. The number of piperidine rings is 1. The smallest absolute Gasteiger partial charge is 0.428 e. The van der Waals surface area contributed by atoms with Crippen molar-refractivity contribution < 1.29 is 27.1 Å². The summed E-state index contributed by atoms with van der Waals surface area (Å²) in [5, 5.41) is 0. The molecule has 7 heteroatoms. The molecule has 1 aromatic rings. The number of carbonyl (C=O) groups is 1. The molecule has 0 saturated carbocycles. The zero-order valence-corrected chi connectivity index (χ0v) is 11.2. The van der Waals surface area contributed by atoms with E-state index < -0.39 is 18.3 Å². The Balaban J connectivity index is 2.03. The van der Waals surface area contributed by atoms with Crippen LogP contribution in [0.3, 0.4) is 0 Å². The van der Waals surface area contributed by atoms with Crippen LogP contribution in [0.25, 0.3) is 0 Å². The Bertz CT molecular complexity index is 484. The average molecular weight is 305 g/mol. The Morgan fingerprint density at radius 2 is 1.67 bits per heavy atom. The third-order valence-electron chi connectivity index (χ3n) is 3.25. The van der Waals surface area contributed by atoms with Crippen molar-refractivity contribution >= 4 is 5.91 Å². The molecule has 3 nitrogen and oxygen atoms in total. The summed E-state index contributed by atoms with van der Waals surface area (Å²) in [6.45, 7) is 1.33. The second kappa shape index (κ2) is 6.32. The first-order valence-electron chi connectivity index (χ1n) is 6.64. The molecule has 2 rings (SSSR count). The lowest BCUT2D eigenvalue weighted by Crippen LogP contribution is -2.35. The zero-order chi connectivity index (χ0) is 15.5. The van der Waals surface area contributed by atoms with Gasteiger partial charge in [0.05, 0.1) is 0 Å². The monoisotopic (exact) mass is 305 g/mol. The number of benzene rings is 1. The van der Waals surface area contributed by atoms with Crippen molar-refractivity contribution in [2.45, 2.75) is 31.8 Å². The van der Waals surface area contributed by atoms with Crippen LogP contribution in [0.1, 0.15) is 29.6 Å². The summed E-state index contributed by atoms with van der Waals surface area (Å²) in [5.41, 5.74) is 0.324. The first-order valence-corrected chi connectivity index (χ1v) is 6.64. The number of rotatable bonds is 4. The van der Waals surface area contributed by atoms with Crippen LogP contribution in [0.15, 0.2) is 24.3 Å². The van der Waals surface area contributed by atoms with Crippen molar-refractivity contribution in [3.05, 3.63) is 29.8 Å². The second-order valence-electron chi connectivity index (χ2n) is 4.84. The summed E-state index contributed by atoms with van der Waals surface area (Å²) in [7, 11) is 0. The fourth-order valence-electron chi connectivity index (χ4n) is 2.15. The van der Waals surface area contributed by atoms with Crippen molar-refractivity contribution in [1.29, 1.82) is 0 Å². The zero-order valence-electron chi connectivity index (χ0n) is 11.2. The fraction of sp³-hybridized carbons (Fsp3) is 0.500. The number of amides is 1. The SMILES string of the molecule is O=C(c1ccc(OC(F)(F)C(F)F)cc1)N1CCCCC1. The molecule has 0 atom stereocenters. The Morgan fingerprint density at radius 1 is 1.10 bits per heavy atom. The van der Waals surface area contributed by atoms with Gasteiger partial charge in [0, 0.05) is 18.7 Å². The fourth-order valence-corrected chi connectivity index (χ4v) is 2.15. The molecule has 1 aromatic carbocycles. The van der Waals surface area contributed by atoms with Gasteiger partial charge in [0.1, 0.15) is 5.75 Å². The van der Waals surface area contributed by atoms with E-state index in [9.17, 15) is 22.4 Å². The molecule has 1 saturated heterocycles. The molecule has 116 valence electrons. The minimum atomic E-state index is -4.54. The average Bonchev–Trinajstić information content (AvgIpc) is 2.48. The molecule has 0 N–H and O–H groups in total. The Morgan fingerprint density at radius 3 is 2.19 bits per heavy atom. The minimum Gasteiger partial charge on any atom is -0.428 e. The maximum Gasteiger partial charge on any atom is 0.461 e. The number of likely N-dealkylation sites (tertiary alicyclic amines) is 1. The van der Waals surface area contributed by atoms with E-state index in [4.69, 9.17) is 0 Å². The Labute approximate surface area is 119 Å². The molecule has 1 aliphatic rings. The molecule has 0 bridgehead atoms. The van der Waals surface area contributed by atoms with Crippen LogP contribution in [0.2, 0.25) is 0 Å². The summed E-state index contributed by atoms with van der Waals surface area (Å²) in [5.74, 6) is -0.600. The first-order chi connectivity index (χ1) is 9.90. The van der Waals surface area contributed by atoms with Crippen molar-refractivity contribution in [2.24, 2.45) is 0 Å². The molecule has 1 heterocycles. The van der Waals surface area contributed by atoms with E-state index in [1.54, 1.807) is 4.90 Å². The van der Waals surface area contributed by atoms with E-state index in [1.165, 1.54) is 12.1 Å². The Hall–Kier alpha value is -1.79. The van der Waals surface area contributed by atoms with E-state index in [0.29, 0.717) is 18.7 Å². The third-order valence-corrected chi connectivity index (χ3v) is 3.25. The van der Waals surface area contributed by atoms with Gasteiger partial charge in [0.2, 0.25) is 0 Å². The molecular weight excluding hydrogens is 290 g/mol. The van der Waals surface area contributed by atoms with Crippen molar-refractivity contribution in [1.82, 2.24) is 4.90 Å². The van der Waals surface area contributed by atoms with Crippen LogP contribution in [0.4, 0.5) is 17.6 Å². The van der Waals surface area contributed by atoms with Crippen molar-refractivity contribution in [3.63, 3.8) is 0 Å². The number of halogens is 4. The minimum absolute atomic E-state index is 0.193. The highest BCUT2D eigenvalue weighted by atomic mass is 19.3. The summed E-state index contributed by atoms with van der Waals surface area (Å²) >= 11 is 0. The van der Waals surface area contributed by atoms with Crippen molar-refractivity contribution in [2.75, 3.05) is 13.1 Å². The number of nitrogens with zero attached hydrogens (tertiary/aromatic N) is 1. The Kier molecular flexibility index (Phi) is 4.69. The van der Waals surface area contributed by atoms with Gasteiger partial charge in [-0.3, -0.25) is 4.79 Å². The molecule has 0 aliphatic carbocycles. The van der Waals surface area contributed by atoms with Gasteiger partial charge >= 0.3 is 12.5 Å². The van der Waals surface area contributed by atoms with E-state index in [-0.39, 0.29) is 5.91 Å². The highest BCUT2D eigenvalue weighted by molar-refractivity contribution is 5.94. The van der Waals surface area contributed by atoms with E-state index >= 15 is 0 Å². The molecule has 0 spiro atoms. The lowest BCUT2D eigenvalue weighted by atomic mass is 10.1. The number of hydrogen-bond donors (Lipinski definition) is 0. The van der Waals surface area contributed by atoms with Gasteiger partial charge in [-0.15, -0.1) is 0 Å². The van der Waals surface area contributed by atoms with Crippen LogP contribution >= 0.6 is 0 Å². The van der Waals surface area contributed by atoms with Gasteiger partial charge in [-0.25, -0.2) is 0 Å². The lowest BCUT2D eigenvalue weighted by molar-refractivity contribution is -0.253. The predicted octanol–water partition coefficient (Wildman–Crippen LogP) is 3.55. The summed E-state index contributed by atoms with van der Waals surface area (Å²) in [6, 6.07) is 4.78. The van der Waals surface area contributed by atoms with Gasteiger partial charge in [-0.1, -0.05) is 0 Å². The van der Waals surface area contributed by atoms with Crippen LogP contribution < -0.4 is 4.74 Å². The number of hydrogen-bond acceptors (Lipinski definition) is 2. The number of carbonyl (C=O) groups excluding carboxylic acids is 1. The molecule has 1 aliphatic heterocycles.